The molecule has 0 radical (unpaired) electrons. The highest BCUT2D eigenvalue weighted by molar-refractivity contribution is 6.22. The van der Waals surface area contributed by atoms with E-state index in [1.165, 1.54) is 92.1 Å². The van der Waals surface area contributed by atoms with Gasteiger partial charge < -0.3 is 8.98 Å². The number of hydrogen-bond acceptors (Lipinski definition) is 1. The summed E-state index contributed by atoms with van der Waals surface area (Å²) in [5.74, 6) is 0. The van der Waals surface area contributed by atoms with Gasteiger partial charge in [0.1, 0.15) is 11.2 Å². The average Bonchev–Trinajstić information content (AvgIpc) is 3.80. The second-order valence-corrected chi connectivity index (χ2v) is 15.3. The Kier molecular flexibility index (Phi) is 5.92. The van der Waals surface area contributed by atoms with E-state index in [1.54, 1.807) is 0 Å². The van der Waals surface area contributed by atoms with Gasteiger partial charge in [-0.25, -0.2) is 0 Å². The van der Waals surface area contributed by atoms with E-state index in [0.29, 0.717) is 0 Å². The van der Waals surface area contributed by atoms with Crippen LogP contribution in [-0.4, -0.2) is 4.57 Å². The van der Waals surface area contributed by atoms with Crippen molar-refractivity contribution in [3.05, 3.63) is 188 Å². The van der Waals surface area contributed by atoms with Crippen LogP contribution in [0.2, 0.25) is 0 Å². The summed E-state index contributed by atoms with van der Waals surface area (Å²) in [5.41, 5.74) is 7.66. The van der Waals surface area contributed by atoms with E-state index < -0.39 is 0 Å². The number of para-hydroxylation sites is 3. The molecule has 2 nitrogen and oxygen atoms in total. The molecule has 11 aromatic carbocycles. The molecule has 13 rings (SSSR count). The highest BCUT2D eigenvalue weighted by Crippen LogP contribution is 2.44. The maximum atomic E-state index is 6.53. The second kappa shape index (κ2) is 11.1. The molecule has 258 valence electrons. The lowest BCUT2D eigenvalue weighted by Gasteiger charge is -2.18. The molecule has 0 fully saturated rings. The Morgan fingerprint density at radius 2 is 0.875 bits per heavy atom. The van der Waals surface area contributed by atoms with Gasteiger partial charge in [0.25, 0.3) is 0 Å². The lowest BCUT2D eigenvalue weighted by Crippen LogP contribution is -1.98. The third kappa shape index (κ3) is 4.10. The average molecular weight is 710 g/mol. The maximum absolute atomic E-state index is 6.53. The first-order valence-corrected chi connectivity index (χ1v) is 19.3. The lowest BCUT2D eigenvalue weighted by molar-refractivity contribution is 0.670. The monoisotopic (exact) mass is 709 g/mol. The van der Waals surface area contributed by atoms with Crippen molar-refractivity contribution in [1.82, 2.24) is 4.57 Å². The van der Waals surface area contributed by atoms with Crippen molar-refractivity contribution in [2.75, 3.05) is 0 Å². The van der Waals surface area contributed by atoms with Gasteiger partial charge in [-0.2, -0.15) is 0 Å². The zero-order valence-corrected chi connectivity index (χ0v) is 30.3. The molecule has 0 atom stereocenters. The van der Waals surface area contributed by atoms with Crippen LogP contribution >= 0.6 is 0 Å². The lowest BCUT2D eigenvalue weighted by atomic mass is 9.92. The number of furan rings is 1. The first-order chi connectivity index (χ1) is 27.7. The minimum Gasteiger partial charge on any atom is -0.455 e. The summed E-state index contributed by atoms with van der Waals surface area (Å²) in [4.78, 5) is 0. The normalized spacial score (nSPS) is 12.3. The number of fused-ring (bicyclic) bond motifs is 14. The Hall–Kier alpha value is -7.42. The highest BCUT2D eigenvalue weighted by Gasteiger charge is 2.20. The molecule has 0 aliphatic carbocycles. The van der Waals surface area contributed by atoms with E-state index in [2.05, 4.69) is 187 Å². The molecule has 0 aliphatic heterocycles. The van der Waals surface area contributed by atoms with E-state index >= 15 is 0 Å². The van der Waals surface area contributed by atoms with Gasteiger partial charge in [-0.3, -0.25) is 0 Å². The van der Waals surface area contributed by atoms with Gasteiger partial charge in [-0.15, -0.1) is 0 Å². The quantitative estimate of drug-likeness (QED) is 0.129. The van der Waals surface area contributed by atoms with Crippen molar-refractivity contribution in [3.63, 3.8) is 0 Å². The molecule has 0 saturated heterocycles. The molecule has 0 aliphatic rings. The van der Waals surface area contributed by atoms with Gasteiger partial charge >= 0.3 is 0 Å². The fourth-order valence-corrected chi connectivity index (χ4v) is 9.70. The standard InChI is InChI=1S/C54H31NO/c1-3-12-39-32(10-1)21-23-36-28-47-38(30-45(36)39)27-37-26-34-22-20-33-11-2-4-13-40(33)46(34)31-48(37)53(47)55-50-18-7-5-14-42(50)49-29-35(24-25-51(49)55)41-16-9-17-44-43-15-6-8-19-52(43)56-54(41)44/h1-31H. The highest BCUT2D eigenvalue weighted by atomic mass is 16.3. The minimum absolute atomic E-state index is 0.913. The molecule has 56 heavy (non-hydrogen) atoms. The van der Waals surface area contributed by atoms with E-state index in [9.17, 15) is 0 Å². The van der Waals surface area contributed by atoms with Crippen LogP contribution in [0.25, 0.3) is 125 Å². The van der Waals surface area contributed by atoms with Crippen LogP contribution in [0.5, 0.6) is 0 Å². The molecule has 2 heteroatoms. The van der Waals surface area contributed by atoms with Gasteiger partial charge in [-0.1, -0.05) is 133 Å². The van der Waals surface area contributed by atoms with Crippen molar-refractivity contribution in [2.24, 2.45) is 0 Å². The topological polar surface area (TPSA) is 18.1 Å². The van der Waals surface area contributed by atoms with Gasteiger partial charge in [0.2, 0.25) is 0 Å². The van der Waals surface area contributed by atoms with Crippen LogP contribution in [0.4, 0.5) is 0 Å². The number of benzene rings is 11. The van der Waals surface area contributed by atoms with Crippen LogP contribution in [-0.2, 0) is 0 Å². The Bertz CT molecular complexity index is 3820. The fraction of sp³-hybridized carbons (Fsp3) is 0. The van der Waals surface area contributed by atoms with Gasteiger partial charge in [0.15, 0.2) is 0 Å². The molecule has 0 bridgehead atoms. The Morgan fingerprint density at radius 3 is 1.70 bits per heavy atom. The van der Waals surface area contributed by atoms with E-state index in [-0.39, 0.29) is 0 Å². The Labute approximate surface area is 321 Å². The summed E-state index contributed by atoms with van der Waals surface area (Å²) in [7, 11) is 0. The van der Waals surface area contributed by atoms with E-state index in [0.717, 1.165) is 33.1 Å². The van der Waals surface area contributed by atoms with Crippen molar-refractivity contribution in [1.29, 1.82) is 0 Å². The predicted octanol–water partition coefficient (Wildman–Crippen LogP) is 15.3. The molecular formula is C54H31NO. The maximum Gasteiger partial charge on any atom is 0.143 e. The molecule has 13 aromatic rings. The molecular weight excluding hydrogens is 679 g/mol. The van der Waals surface area contributed by atoms with Crippen LogP contribution in [0.15, 0.2) is 192 Å². The van der Waals surface area contributed by atoms with Crippen molar-refractivity contribution in [3.8, 4) is 16.8 Å². The van der Waals surface area contributed by atoms with Crippen LogP contribution in [0.3, 0.4) is 0 Å². The zero-order chi connectivity index (χ0) is 36.5. The number of hydrogen-bond donors (Lipinski definition) is 0. The largest absolute Gasteiger partial charge is 0.455 e. The van der Waals surface area contributed by atoms with Crippen molar-refractivity contribution in [2.45, 2.75) is 0 Å². The third-order valence-electron chi connectivity index (χ3n) is 12.3. The van der Waals surface area contributed by atoms with Gasteiger partial charge in [0, 0.05) is 37.9 Å². The van der Waals surface area contributed by atoms with Crippen LogP contribution < -0.4 is 0 Å². The SMILES string of the molecule is c1ccc2c(c1)ccc1cc3c(-n4c5ccccc5c5cc(-c6cccc7c6oc6ccccc67)ccc54)c4cc5c(ccc6ccccc65)cc4cc3cc12. The van der Waals surface area contributed by atoms with E-state index in [1.807, 2.05) is 6.07 Å². The van der Waals surface area contributed by atoms with Crippen LogP contribution in [0.1, 0.15) is 0 Å². The summed E-state index contributed by atoms with van der Waals surface area (Å²) in [5, 5.41) is 19.8. The molecule has 0 N–H and O–H groups in total. The molecule has 2 aromatic heterocycles. The summed E-state index contributed by atoms with van der Waals surface area (Å²) in [6, 6.07) is 69.3. The first kappa shape index (κ1) is 30.0. The summed E-state index contributed by atoms with van der Waals surface area (Å²) < 4.78 is 9.06. The fourth-order valence-electron chi connectivity index (χ4n) is 9.70. The Morgan fingerprint density at radius 1 is 0.304 bits per heavy atom. The minimum atomic E-state index is 0.913. The van der Waals surface area contributed by atoms with Gasteiger partial charge in [-0.05, 0) is 114 Å². The Balaban J connectivity index is 1.17. The van der Waals surface area contributed by atoms with Crippen molar-refractivity contribution < 1.29 is 4.42 Å². The molecule has 0 saturated carbocycles. The molecule has 2 heterocycles. The number of rotatable bonds is 2. The molecule has 0 spiro atoms. The van der Waals surface area contributed by atoms with E-state index in [4.69, 9.17) is 4.42 Å². The summed E-state index contributed by atoms with van der Waals surface area (Å²) in [6.45, 7) is 0. The van der Waals surface area contributed by atoms with Gasteiger partial charge in [0.05, 0.1) is 16.7 Å². The molecule has 0 amide bonds. The number of aromatic nitrogens is 1. The third-order valence-corrected chi connectivity index (χ3v) is 12.3. The predicted molar refractivity (Wildman–Crippen MR) is 239 cm³/mol. The van der Waals surface area contributed by atoms with Crippen LogP contribution in [0, 0.1) is 0 Å². The van der Waals surface area contributed by atoms with Crippen molar-refractivity contribution >= 4 is 108 Å². The summed E-state index contributed by atoms with van der Waals surface area (Å²) in [6.07, 6.45) is 0. The molecule has 0 unspecified atom stereocenters. The first-order valence-electron chi connectivity index (χ1n) is 19.3. The smallest absolute Gasteiger partial charge is 0.143 e. The zero-order valence-electron chi connectivity index (χ0n) is 30.3. The second-order valence-electron chi connectivity index (χ2n) is 15.3. The summed E-state index contributed by atoms with van der Waals surface area (Å²) >= 11 is 0. The number of nitrogens with zero attached hydrogens (tertiary/aromatic N) is 1.